The molecule has 2 fully saturated rings. The minimum atomic E-state index is 1.00. The summed E-state index contributed by atoms with van der Waals surface area (Å²) in [5, 5.41) is 14.0. The van der Waals surface area contributed by atoms with Gasteiger partial charge in [-0.15, -0.1) is 0 Å². The lowest BCUT2D eigenvalue weighted by molar-refractivity contribution is 0.399. The highest BCUT2D eigenvalue weighted by Crippen LogP contribution is 2.62. The smallest absolute Gasteiger partial charge is 0.0319 e. The summed E-state index contributed by atoms with van der Waals surface area (Å²) in [6.07, 6.45) is 3.17. The van der Waals surface area contributed by atoms with Gasteiger partial charge in [0.2, 0.25) is 0 Å². The zero-order valence-electron chi connectivity index (χ0n) is 5.46. The van der Waals surface area contributed by atoms with E-state index < -0.39 is 0 Å². The Balaban J connectivity index is 0.000000111. The van der Waals surface area contributed by atoms with Crippen LogP contribution >= 0.6 is 0 Å². The van der Waals surface area contributed by atoms with E-state index in [9.17, 15) is 0 Å². The first-order valence-electron chi connectivity index (χ1n) is 2.86. The van der Waals surface area contributed by atoms with E-state index in [1.165, 1.54) is 11.8 Å². The Morgan fingerprint density at radius 3 is 1.00 bits per heavy atom. The van der Waals surface area contributed by atoms with Gasteiger partial charge in [-0.1, -0.05) is 0 Å². The Hall–Kier alpha value is -0.0800. The van der Waals surface area contributed by atoms with E-state index in [2.05, 4.69) is 0 Å². The molecule has 2 aliphatic carbocycles. The van der Waals surface area contributed by atoms with Crippen molar-refractivity contribution in [2.24, 2.45) is 11.8 Å². The molecule has 0 aromatic heterocycles. The number of aliphatic hydroxyl groups excluding tert-OH is 2. The zero-order chi connectivity index (χ0) is 6.57. The molecule has 0 heterocycles. The monoisotopic (exact) mass is 118 g/mol. The summed E-state index contributed by atoms with van der Waals surface area (Å²) in [6, 6.07) is 0. The molecular weight excluding hydrogens is 104 g/mol. The maximum absolute atomic E-state index is 7.00. The van der Waals surface area contributed by atoms with Crippen LogP contribution in [0.5, 0.6) is 0 Å². The summed E-state index contributed by atoms with van der Waals surface area (Å²) in [4.78, 5) is 0. The second-order valence-electron chi connectivity index (χ2n) is 1.99. The third kappa shape index (κ3) is 2.28. The van der Waals surface area contributed by atoms with E-state index in [-0.39, 0.29) is 0 Å². The summed E-state index contributed by atoms with van der Waals surface area (Å²) in [5.41, 5.74) is 0. The van der Waals surface area contributed by atoms with Crippen molar-refractivity contribution in [3.05, 3.63) is 0 Å². The molecule has 8 heavy (non-hydrogen) atoms. The third-order valence-corrected chi connectivity index (χ3v) is 1.47. The molecule has 0 spiro atoms. The molecule has 0 radical (unpaired) electrons. The summed E-state index contributed by atoms with van der Waals surface area (Å²) in [5.74, 6) is 2.50. The molecule has 0 atom stereocenters. The van der Waals surface area contributed by atoms with Crippen molar-refractivity contribution >= 4 is 0 Å². The van der Waals surface area contributed by atoms with Crippen molar-refractivity contribution in [3.63, 3.8) is 0 Å². The van der Waals surface area contributed by atoms with E-state index in [4.69, 9.17) is 10.2 Å². The second kappa shape index (κ2) is 3.87. The normalized spacial score (nSPS) is 34.5. The van der Waals surface area contributed by atoms with Crippen molar-refractivity contribution in [2.45, 2.75) is 12.8 Å². The topological polar surface area (TPSA) is 40.5 Å². The van der Waals surface area contributed by atoms with Crippen LogP contribution in [0.2, 0.25) is 0 Å². The highest BCUT2D eigenvalue weighted by atomic mass is 16.2. The van der Waals surface area contributed by atoms with E-state index in [0.717, 1.165) is 14.2 Å². The average Bonchev–Trinajstić information content (AvgIpc) is 2.59. The number of aliphatic hydroxyl groups is 2. The highest BCUT2D eigenvalue weighted by molar-refractivity contribution is 5.02. The highest BCUT2D eigenvalue weighted by Gasteiger charge is 2.52. The van der Waals surface area contributed by atoms with Crippen molar-refractivity contribution in [2.75, 3.05) is 14.2 Å². The Morgan fingerprint density at radius 2 is 1.00 bits per heavy atom. The van der Waals surface area contributed by atoms with Crippen molar-refractivity contribution in [3.8, 4) is 0 Å². The Bertz CT molecular complexity index is 42.5. The molecule has 0 saturated heterocycles. The van der Waals surface area contributed by atoms with E-state index in [1.807, 2.05) is 0 Å². The van der Waals surface area contributed by atoms with Crippen LogP contribution in [0.15, 0.2) is 0 Å². The fourth-order valence-corrected chi connectivity index (χ4v) is 0.552. The lowest BCUT2D eigenvalue weighted by Gasteiger charge is -1.60. The summed E-state index contributed by atoms with van der Waals surface area (Å²) in [6.45, 7) is 0. The number of fused-ring (bicyclic) bond motifs is 1. The van der Waals surface area contributed by atoms with Gasteiger partial charge in [0.05, 0.1) is 0 Å². The van der Waals surface area contributed by atoms with Gasteiger partial charge < -0.3 is 10.2 Å². The van der Waals surface area contributed by atoms with Gasteiger partial charge in [-0.2, -0.15) is 0 Å². The Kier molecular flexibility index (Phi) is 3.83. The fourth-order valence-electron chi connectivity index (χ4n) is 0.552. The van der Waals surface area contributed by atoms with Crippen LogP contribution in [0.1, 0.15) is 12.8 Å². The molecule has 2 N–H and O–H groups in total. The van der Waals surface area contributed by atoms with Gasteiger partial charge in [-0.25, -0.2) is 0 Å². The molecule has 0 unspecified atom stereocenters. The van der Waals surface area contributed by atoms with Crippen LogP contribution in [-0.2, 0) is 0 Å². The van der Waals surface area contributed by atoms with Crippen LogP contribution < -0.4 is 0 Å². The lowest BCUT2D eigenvalue weighted by Crippen LogP contribution is -1.47. The minimum Gasteiger partial charge on any atom is -0.400 e. The van der Waals surface area contributed by atoms with Crippen molar-refractivity contribution in [1.29, 1.82) is 0 Å². The maximum atomic E-state index is 7.00. The van der Waals surface area contributed by atoms with E-state index in [0.29, 0.717) is 0 Å². The maximum Gasteiger partial charge on any atom is 0.0319 e. The van der Waals surface area contributed by atoms with E-state index >= 15 is 0 Å². The number of hydrogen-bond acceptors (Lipinski definition) is 2. The first-order valence-corrected chi connectivity index (χ1v) is 2.86. The standard InChI is InChI=1S/C4H6.2CH4O/c1-3-2-4(1)3;2*1-2/h3-4H,1-2H2;2*2H,1H3. The molecule has 2 heteroatoms. The number of hydrogen-bond donors (Lipinski definition) is 2. The second-order valence-corrected chi connectivity index (χ2v) is 1.99. The molecule has 2 nitrogen and oxygen atoms in total. The Morgan fingerprint density at radius 1 is 0.875 bits per heavy atom. The first-order chi connectivity index (χ1) is 3.97. The summed E-state index contributed by atoms with van der Waals surface area (Å²) < 4.78 is 0. The average molecular weight is 118 g/mol. The van der Waals surface area contributed by atoms with Crippen LogP contribution in [0.4, 0.5) is 0 Å². The predicted octanol–water partition coefficient (Wildman–Crippen LogP) is 0.243. The van der Waals surface area contributed by atoms with Gasteiger partial charge in [0, 0.05) is 14.2 Å². The van der Waals surface area contributed by atoms with Gasteiger partial charge in [0.1, 0.15) is 0 Å². The lowest BCUT2D eigenvalue weighted by atomic mass is 10.5. The molecular formula is C6H14O2. The van der Waals surface area contributed by atoms with Gasteiger partial charge in [-0.3, -0.25) is 0 Å². The molecule has 2 rings (SSSR count). The quantitative estimate of drug-likeness (QED) is 0.478. The first kappa shape index (κ1) is 7.92. The molecule has 2 aliphatic rings. The van der Waals surface area contributed by atoms with E-state index in [1.54, 1.807) is 12.8 Å². The minimum absolute atomic E-state index is 1.00. The Labute approximate surface area is 50.2 Å². The van der Waals surface area contributed by atoms with Gasteiger partial charge in [-0.05, 0) is 24.7 Å². The predicted molar refractivity (Wildman–Crippen MR) is 32.5 cm³/mol. The van der Waals surface area contributed by atoms with Gasteiger partial charge >= 0.3 is 0 Å². The molecule has 0 aromatic rings. The van der Waals surface area contributed by atoms with Crippen LogP contribution in [0.25, 0.3) is 0 Å². The molecule has 50 valence electrons. The molecule has 2 saturated carbocycles. The van der Waals surface area contributed by atoms with Gasteiger partial charge in [0.15, 0.2) is 0 Å². The van der Waals surface area contributed by atoms with Crippen LogP contribution in [0.3, 0.4) is 0 Å². The SMILES string of the molecule is C1C2CC12.CO.CO. The number of rotatable bonds is 0. The largest absolute Gasteiger partial charge is 0.400 e. The zero-order valence-corrected chi connectivity index (χ0v) is 5.46. The molecule has 0 aromatic carbocycles. The van der Waals surface area contributed by atoms with Gasteiger partial charge in [0.25, 0.3) is 0 Å². The summed E-state index contributed by atoms with van der Waals surface area (Å²) >= 11 is 0. The van der Waals surface area contributed by atoms with Crippen molar-refractivity contribution < 1.29 is 10.2 Å². The fraction of sp³-hybridized carbons (Fsp3) is 1.00. The van der Waals surface area contributed by atoms with Crippen LogP contribution in [0, 0.1) is 11.8 Å². The molecule has 0 bridgehead atoms. The van der Waals surface area contributed by atoms with Crippen LogP contribution in [-0.4, -0.2) is 24.4 Å². The third-order valence-electron chi connectivity index (χ3n) is 1.47. The summed E-state index contributed by atoms with van der Waals surface area (Å²) in [7, 11) is 2.00. The molecule has 0 amide bonds. The van der Waals surface area contributed by atoms with Crippen molar-refractivity contribution in [1.82, 2.24) is 0 Å². The molecule has 0 aliphatic heterocycles.